The summed E-state index contributed by atoms with van der Waals surface area (Å²) >= 11 is 5.90. The SMILES string of the molecule is CNc1nc(N)nc2c1ncn2[C@@H]1O[C@](F)(COP(=S)(N[C@@H](C)C(=O)OCC(C)(C)C)Oc2cccc3ccccc23)C[C@@H]1C. The molecule has 5 atom stereocenters. The van der Waals surface area contributed by atoms with E-state index >= 15 is 4.39 Å². The molecule has 4 aromatic rings. The smallest absolute Gasteiger partial charge is 0.323 e. The highest BCUT2D eigenvalue weighted by atomic mass is 32.5. The first-order valence-corrected chi connectivity index (χ1v) is 17.2. The minimum atomic E-state index is -3.57. The lowest BCUT2D eigenvalue weighted by Crippen LogP contribution is -2.38. The monoisotopic (exact) mass is 659 g/mol. The van der Waals surface area contributed by atoms with Gasteiger partial charge in [0, 0.05) is 24.8 Å². The van der Waals surface area contributed by atoms with Crippen molar-refractivity contribution in [2.75, 3.05) is 31.3 Å². The number of nitrogen functional groups attached to an aromatic ring is 1. The minimum Gasteiger partial charge on any atom is -0.464 e. The summed E-state index contributed by atoms with van der Waals surface area (Å²) in [6.45, 7) is 5.42. The number of fused-ring (bicyclic) bond motifs is 2. The van der Waals surface area contributed by atoms with E-state index in [0.29, 0.717) is 22.7 Å². The maximum atomic E-state index is 16.4. The van der Waals surface area contributed by atoms with Gasteiger partial charge in [-0.2, -0.15) is 9.97 Å². The molecule has 0 radical (unpaired) electrons. The molecule has 1 fully saturated rings. The molecule has 0 spiro atoms. The Balaban J connectivity index is 1.38. The quantitative estimate of drug-likeness (QED) is 0.134. The Morgan fingerprint density at radius 2 is 2.00 bits per heavy atom. The summed E-state index contributed by atoms with van der Waals surface area (Å²) in [4.78, 5) is 25.8. The summed E-state index contributed by atoms with van der Waals surface area (Å²) in [6, 6.07) is 12.2. The van der Waals surface area contributed by atoms with Gasteiger partial charge < -0.3 is 29.6 Å². The zero-order valence-corrected chi connectivity index (χ0v) is 27.8. The van der Waals surface area contributed by atoms with E-state index in [2.05, 4.69) is 25.4 Å². The second-order valence-corrected chi connectivity index (χ2v) is 15.6. The number of alkyl halides is 1. The highest BCUT2D eigenvalue weighted by Crippen LogP contribution is 2.50. The number of carbonyl (C=O) groups excluding carboxylic acids is 1. The molecule has 1 unspecified atom stereocenters. The molecule has 0 bridgehead atoms. The number of anilines is 2. The number of nitrogens with two attached hydrogens (primary N) is 1. The van der Waals surface area contributed by atoms with Crippen LogP contribution in [-0.4, -0.2) is 57.6 Å². The first-order chi connectivity index (χ1) is 21.2. The van der Waals surface area contributed by atoms with Crippen LogP contribution >= 0.6 is 6.64 Å². The number of esters is 1. The van der Waals surface area contributed by atoms with Crippen LogP contribution in [0.2, 0.25) is 0 Å². The van der Waals surface area contributed by atoms with Crippen LogP contribution in [0.5, 0.6) is 5.75 Å². The fourth-order valence-electron chi connectivity index (χ4n) is 5.06. The van der Waals surface area contributed by atoms with E-state index in [1.165, 1.54) is 6.33 Å². The summed E-state index contributed by atoms with van der Waals surface area (Å²) in [7, 11) is 1.70. The lowest BCUT2D eigenvalue weighted by atomic mass is 9.99. The van der Waals surface area contributed by atoms with Crippen molar-refractivity contribution < 1.29 is 27.7 Å². The average Bonchev–Trinajstić information content (AvgIpc) is 3.53. The molecule has 1 aliphatic rings. The van der Waals surface area contributed by atoms with Crippen LogP contribution in [0.1, 0.15) is 47.3 Å². The maximum Gasteiger partial charge on any atom is 0.323 e. The molecule has 2 aromatic carbocycles. The standard InChI is InChI=1S/C30H39FN7O5PS/c1-18-14-30(31,42-26(18)38-17-34-23-24(33-6)35-28(32)36-25(23)38)16-41-44(45,37-19(2)27(39)40-15-29(3,4)5)43-22-13-9-11-20-10-7-8-12-21(20)22/h7-13,17-19,26H,14-16H2,1-6H3,(H,37,45)(H3,32,33,35,36)/t18-,19-,26+,30-,44?/m0/s1. The number of halogens is 1. The second-order valence-electron chi connectivity index (χ2n) is 12.4. The number of carbonyl (C=O) groups is 1. The van der Waals surface area contributed by atoms with Crippen LogP contribution in [-0.2, 0) is 30.6 Å². The van der Waals surface area contributed by atoms with Crippen molar-refractivity contribution in [3.8, 4) is 5.75 Å². The Bertz CT molecular complexity index is 1750. The molecule has 5 rings (SSSR count). The fraction of sp³-hybridized carbons (Fsp3) is 0.467. The Hall–Kier alpha value is -3.42. The molecular formula is C30H39FN7O5PS. The van der Waals surface area contributed by atoms with Gasteiger partial charge in [-0.05, 0) is 35.6 Å². The van der Waals surface area contributed by atoms with Crippen LogP contribution < -0.4 is 20.7 Å². The van der Waals surface area contributed by atoms with E-state index < -0.39 is 37.3 Å². The van der Waals surface area contributed by atoms with E-state index in [9.17, 15) is 4.79 Å². The van der Waals surface area contributed by atoms with Crippen molar-refractivity contribution in [3.05, 3.63) is 48.8 Å². The molecule has 1 aliphatic heterocycles. The van der Waals surface area contributed by atoms with Gasteiger partial charge in [-0.3, -0.25) is 9.36 Å². The number of hydrogen-bond donors (Lipinski definition) is 3. The van der Waals surface area contributed by atoms with Gasteiger partial charge in [0.15, 0.2) is 17.0 Å². The highest BCUT2D eigenvalue weighted by molar-refractivity contribution is 8.09. The van der Waals surface area contributed by atoms with Crippen molar-refractivity contribution in [2.24, 2.45) is 11.3 Å². The van der Waals surface area contributed by atoms with Gasteiger partial charge in [0.25, 0.3) is 0 Å². The topological polar surface area (TPSA) is 148 Å². The zero-order valence-electron chi connectivity index (χ0n) is 26.1. The maximum absolute atomic E-state index is 16.4. The minimum absolute atomic E-state index is 0.0103. The van der Waals surface area contributed by atoms with Crippen LogP contribution in [0.25, 0.3) is 21.9 Å². The number of rotatable bonds is 11. The second kappa shape index (κ2) is 12.8. The van der Waals surface area contributed by atoms with Gasteiger partial charge in [0.05, 0.1) is 12.9 Å². The highest BCUT2D eigenvalue weighted by Gasteiger charge is 2.48. The van der Waals surface area contributed by atoms with Crippen LogP contribution in [0.3, 0.4) is 0 Å². The van der Waals surface area contributed by atoms with Crippen molar-refractivity contribution in [1.82, 2.24) is 24.6 Å². The number of ether oxygens (including phenoxy) is 2. The van der Waals surface area contributed by atoms with Crippen molar-refractivity contribution in [3.63, 3.8) is 0 Å². The molecule has 0 aliphatic carbocycles. The number of nitrogens with zero attached hydrogens (tertiary/aromatic N) is 4. The van der Waals surface area contributed by atoms with Crippen LogP contribution in [0.4, 0.5) is 16.2 Å². The third-order valence-electron chi connectivity index (χ3n) is 7.17. The molecule has 45 heavy (non-hydrogen) atoms. The Morgan fingerprint density at radius 1 is 1.27 bits per heavy atom. The molecule has 15 heteroatoms. The fourth-order valence-corrected chi connectivity index (χ4v) is 7.47. The van der Waals surface area contributed by atoms with Crippen LogP contribution in [0.15, 0.2) is 48.8 Å². The van der Waals surface area contributed by atoms with Gasteiger partial charge in [-0.15, -0.1) is 0 Å². The summed E-state index contributed by atoms with van der Waals surface area (Å²) in [5.74, 6) is -2.14. The van der Waals surface area contributed by atoms with Gasteiger partial charge in [-0.25, -0.2) is 14.5 Å². The number of benzene rings is 2. The van der Waals surface area contributed by atoms with Gasteiger partial charge in [0.2, 0.25) is 11.8 Å². The first kappa shape index (κ1) is 33.0. The summed E-state index contributed by atoms with van der Waals surface area (Å²) in [6.07, 6.45) is 0.746. The number of nitrogens with one attached hydrogen (secondary N) is 2. The third kappa shape index (κ3) is 7.53. The zero-order chi connectivity index (χ0) is 32.6. The number of imidazole rings is 1. The lowest BCUT2D eigenvalue weighted by Gasteiger charge is -2.30. The third-order valence-corrected chi connectivity index (χ3v) is 9.63. The molecule has 0 saturated carbocycles. The predicted octanol–water partition coefficient (Wildman–Crippen LogP) is 5.71. The van der Waals surface area contributed by atoms with Crippen molar-refractivity contribution >= 4 is 58.1 Å². The molecule has 242 valence electrons. The molecule has 0 amide bonds. The van der Waals surface area contributed by atoms with Crippen molar-refractivity contribution in [1.29, 1.82) is 0 Å². The van der Waals surface area contributed by atoms with E-state index in [1.807, 2.05) is 64.1 Å². The van der Waals surface area contributed by atoms with Gasteiger partial charge in [0.1, 0.15) is 24.6 Å². The molecule has 4 N–H and O–H groups in total. The Kier molecular flexibility index (Phi) is 9.35. The Labute approximate surface area is 266 Å². The summed E-state index contributed by atoms with van der Waals surface area (Å²) in [5, 5.41) is 7.66. The molecule has 1 saturated heterocycles. The summed E-state index contributed by atoms with van der Waals surface area (Å²) < 4.78 is 42.0. The van der Waals surface area contributed by atoms with Crippen LogP contribution in [0, 0.1) is 11.3 Å². The average molecular weight is 660 g/mol. The first-order valence-electron chi connectivity index (χ1n) is 14.6. The van der Waals surface area contributed by atoms with Crippen molar-refractivity contribution in [2.45, 2.75) is 59.2 Å². The summed E-state index contributed by atoms with van der Waals surface area (Å²) in [5.41, 5.74) is 6.56. The van der Waals surface area contributed by atoms with E-state index in [1.54, 1.807) is 24.6 Å². The molecule has 12 nitrogen and oxygen atoms in total. The van der Waals surface area contributed by atoms with E-state index in [4.69, 9.17) is 36.1 Å². The number of aromatic nitrogens is 4. The largest absolute Gasteiger partial charge is 0.464 e. The lowest BCUT2D eigenvalue weighted by molar-refractivity contribution is -0.172. The van der Waals surface area contributed by atoms with E-state index in [0.717, 1.165) is 10.8 Å². The Morgan fingerprint density at radius 3 is 2.73 bits per heavy atom. The predicted molar refractivity (Wildman–Crippen MR) is 175 cm³/mol. The van der Waals surface area contributed by atoms with E-state index in [-0.39, 0.29) is 30.3 Å². The molecule has 2 aromatic heterocycles. The molecule has 3 heterocycles. The normalized spacial score (nSPS) is 22.3. The number of hydrogen-bond acceptors (Lipinski definition) is 11. The molecular weight excluding hydrogens is 620 g/mol. The van der Waals surface area contributed by atoms with Gasteiger partial charge >= 0.3 is 12.6 Å². The van der Waals surface area contributed by atoms with Gasteiger partial charge in [-0.1, -0.05) is 64.1 Å².